The number of alkyl halides is 3. The average molecular weight is 482 g/mol. The number of aliphatic hydroxyl groups excluding tert-OH is 1. The zero-order valence-electron chi connectivity index (χ0n) is 18.3. The molecule has 0 heterocycles. The van der Waals surface area contributed by atoms with E-state index in [4.69, 9.17) is 4.74 Å². The van der Waals surface area contributed by atoms with Crippen LogP contribution in [0.2, 0.25) is 0 Å². The zero-order chi connectivity index (χ0) is 25.1. The number of aliphatic hydroxyl groups is 1. The number of halogens is 3. The van der Waals surface area contributed by atoms with E-state index in [1.807, 2.05) is 6.07 Å². The number of alkyl carbamates (subject to hydrolysis) is 1. The standard InChI is InChI=1S/C23H25F3N2O6/c1-33-21(31)19(11-16-9-5-6-10-18(16)23(24,25)26)28-20(30)12-17(29)13-27-22(32)34-14-15-7-3-2-4-8-15/h2-10,17,19,29H,11-14H2,1H3,(H,27,32)(H,28,30)/t17-,19+/m1/s1. The average Bonchev–Trinajstić information content (AvgIpc) is 2.80. The molecule has 2 aromatic rings. The lowest BCUT2D eigenvalue weighted by molar-refractivity contribution is -0.146. The van der Waals surface area contributed by atoms with Gasteiger partial charge in [-0.1, -0.05) is 48.5 Å². The van der Waals surface area contributed by atoms with Crippen LogP contribution in [-0.4, -0.2) is 48.9 Å². The van der Waals surface area contributed by atoms with E-state index >= 15 is 0 Å². The number of amides is 2. The second kappa shape index (κ2) is 12.6. The molecule has 2 amide bonds. The first kappa shape index (κ1) is 26.7. The summed E-state index contributed by atoms with van der Waals surface area (Å²) in [7, 11) is 1.04. The lowest BCUT2D eigenvalue weighted by atomic mass is 9.99. The van der Waals surface area contributed by atoms with Gasteiger partial charge >= 0.3 is 18.2 Å². The van der Waals surface area contributed by atoms with E-state index < -0.39 is 54.7 Å². The van der Waals surface area contributed by atoms with Gasteiger partial charge in [0.1, 0.15) is 12.6 Å². The van der Waals surface area contributed by atoms with E-state index in [-0.39, 0.29) is 18.7 Å². The minimum Gasteiger partial charge on any atom is -0.467 e. The van der Waals surface area contributed by atoms with Crippen LogP contribution in [0.25, 0.3) is 0 Å². The molecule has 34 heavy (non-hydrogen) atoms. The molecule has 0 aliphatic carbocycles. The van der Waals surface area contributed by atoms with E-state index in [1.54, 1.807) is 24.3 Å². The molecule has 3 N–H and O–H groups in total. The summed E-state index contributed by atoms with van der Waals surface area (Å²) in [6.45, 7) is -0.301. The number of hydrogen-bond acceptors (Lipinski definition) is 6. The van der Waals surface area contributed by atoms with Gasteiger partial charge < -0.3 is 25.2 Å². The number of carbonyl (C=O) groups is 3. The van der Waals surface area contributed by atoms with Crippen molar-refractivity contribution in [2.75, 3.05) is 13.7 Å². The van der Waals surface area contributed by atoms with Crippen molar-refractivity contribution in [3.63, 3.8) is 0 Å². The van der Waals surface area contributed by atoms with Crippen LogP contribution in [0.1, 0.15) is 23.1 Å². The van der Waals surface area contributed by atoms with Crippen LogP contribution in [0.5, 0.6) is 0 Å². The Kier molecular flexibility index (Phi) is 9.87. The van der Waals surface area contributed by atoms with Crippen LogP contribution in [0, 0.1) is 0 Å². The fourth-order valence-electron chi connectivity index (χ4n) is 3.05. The lowest BCUT2D eigenvalue weighted by Gasteiger charge is -2.20. The van der Waals surface area contributed by atoms with Gasteiger partial charge in [-0.2, -0.15) is 13.2 Å². The highest BCUT2D eigenvalue weighted by molar-refractivity contribution is 5.85. The first-order chi connectivity index (χ1) is 16.1. The number of hydrogen-bond donors (Lipinski definition) is 3. The number of benzene rings is 2. The van der Waals surface area contributed by atoms with E-state index in [1.165, 1.54) is 18.2 Å². The molecule has 0 spiro atoms. The van der Waals surface area contributed by atoms with Gasteiger partial charge in [0.2, 0.25) is 5.91 Å². The highest BCUT2D eigenvalue weighted by Gasteiger charge is 2.34. The number of rotatable bonds is 10. The van der Waals surface area contributed by atoms with Gasteiger partial charge in [0.15, 0.2) is 0 Å². The quantitative estimate of drug-likeness (QED) is 0.449. The molecule has 0 unspecified atom stereocenters. The van der Waals surface area contributed by atoms with E-state index in [9.17, 15) is 32.7 Å². The fourth-order valence-corrected chi connectivity index (χ4v) is 3.05. The SMILES string of the molecule is COC(=O)[C@H](Cc1ccccc1C(F)(F)F)NC(=O)C[C@@H](O)CNC(=O)OCc1ccccc1. The molecule has 11 heteroatoms. The van der Waals surface area contributed by atoms with Crippen molar-refractivity contribution in [2.24, 2.45) is 0 Å². The van der Waals surface area contributed by atoms with Gasteiger partial charge in [0.05, 0.1) is 25.2 Å². The zero-order valence-corrected chi connectivity index (χ0v) is 18.3. The minimum absolute atomic E-state index is 0.0173. The summed E-state index contributed by atoms with van der Waals surface area (Å²) in [5.74, 6) is -1.76. The van der Waals surface area contributed by atoms with Crippen molar-refractivity contribution in [1.82, 2.24) is 10.6 Å². The molecule has 2 aromatic carbocycles. The molecule has 0 saturated carbocycles. The Hall–Kier alpha value is -3.60. The Bertz CT molecular complexity index is 969. The summed E-state index contributed by atoms with van der Waals surface area (Å²) in [5, 5.41) is 14.6. The highest BCUT2D eigenvalue weighted by Crippen LogP contribution is 2.32. The second-order valence-corrected chi connectivity index (χ2v) is 7.30. The first-order valence-corrected chi connectivity index (χ1v) is 10.2. The summed E-state index contributed by atoms with van der Waals surface area (Å²) in [6, 6.07) is 12.2. The summed E-state index contributed by atoms with van der Waals surface area (Å²) in [6.07, 6.45) is -7.76. The van der Waals surface area contributed by atoms with Crippen LogP contribution >= 0.6 is 0 Å². The molecule has 2 rings (SSSR count). The molecule has 0 radical (unpaired) electrons. The predicted molar refractivity (Wildman–Crippen MR) is 114 cm³/mol. The maximum Gasteiger partial charge on any atom is 0.416 e. The fraction of sp³-hybridized carbons (Fsp3) is 0.348. The van der Waals surface area contributed by atoms with Crippen molar-refractivity contribution >= 4 is 18.0 Å². The van der Waals surface area contributed by atoms with Crippen molar-refractivity contribution in [1.29, 1.82) is 0 Å². The molecule has 0 saturated heterocycles. The molecule has 8 nitrogen and oxygen atoms in total. The molecule has 0 bridgehead atoms. The second-order valence-electron chi connectivity index (χ2n) is 7.30. The van der Waals surface area contributed by atoms with Gasteiger partial charge in [-0.15, -0.1) is 0 Å². The number of methoxy groups -OCH3 is 1. The van der Waals surface area contributed by atoms with Crippen molar-refractivity contribution in [2.45, 2.75) is 37.8 Å². The summed E-state index contributed by atoms with van der Waals surface area (Å²) in [4.78, 5) is 36.0. The Labute approximate surface area is 194 Å². The van der Waals surface area contributed by atoms with Crippen LogP contribution in [0.3, 0.4) is 0 Å². The van der Waals surface area contributed by atoms with Crippen LogP contribution in [-0.2, 0) is 38.3 Å². The minimum atomic E-state index is -4.64. The van der Waals surface area contributed by atoms with Crippen molar-refractivity contribution in [3.05, 3.63) is 71.3 Å². The Balaban J connectivity index is 1.87. The molecule has 0 aliphatic rings. The molecule has 0 aromatic heterocycles. The van der Waals surface area contributed by atoms with Crippen LogP contribution in [0.4, 0.5) is 18.0 Å². The largest absolute Gasteiger partial charge is 0.467 e. The summed E-state index contributed by atoms with van der Waals surface area (Å²) >= 11 is 0. The van der Waals surface area contributed by atoms with E-state index in [2.05, 4.69) is 15.4 Å². The molecule has 2 atom stereocenters. The Morgan fingerprint density at radius 3 is 2.32 bits per heavy atom. The third kappa shape index (κ3) is 8.74. The number of carbonyl (C=O) groups excluding carboxylic acids is 3. The predicted octanol–water partition coefficient (Wildman–Crippen LogP) is 2.58. The van der Waals surface area contributed by atoms with Gasteiger partial charge in [0.25, 0.3) is 0 Å². The third-order valence-corrected chi connectivity index (χ3v) is 4.68. The maximum absolute atomic E-state index is 13.2. The van der Waals surface area contributed by atoms with Gasteiger partial charge in [-0.05, 0) is 17.2 Å². The van der Waals surface area contributed by atoms with Crippen LogP contribution in [0.15, 0.2) is 54.6 Å². The lowest BCUT2D eigenvalue weighted by Crippen LogP contribution is -2.45. The summed E-state index contributed by atoms with van der Waals surface area (Å²) < 4.78 is 49.3. The maximum atomic E-state index is 13.2. The highest BCUT2D eigenvalue weighted by atomic mass is 19.4. The number of ether oxygens (including phenoxy) is 2. The van der Waals surface area contributed by atoms with Gasteiger partial charge in [0, 0.05) is 13.0 Å². The molecular formula is C23H25F3N2O6. The van der Waals surface area contributed by atoms with Gasteiger partial charge in [-0.25, -0.2) is 9.59 Å². The van der Waals surface area contributed by atoms with E-state index in [0.29, 0.717) is 0 Å². The molecule has 184 valence electrons. The Morgan fingerprint density at radius 1 is 1.03 bits per heavy atom. The first-order valence-electron chi connectivity index (χ1n) is 10.2. The normalized spacial score (nSPS) is 12.9. The summed E-state index contributed by atoms with van der Waals surface area (Å²) in [5.41, 5.74) is -0.371. The van der Waals surface area contributed by atoms with Crippen molar-refractivity contribution in [3.8, 4) is 0 Å². The van der Waals surface area contributed by atoms with E-state index in [0.717, 1.165) is 18.7 Å². The molecular weight excluding hydrogens is 457 g/mol. The smallest absolute Gasteiger partial charge is 0.416 e. The third-order valence-electron chi connectivity index (χ3n) is 4.68. The monoisotopic (exact) mass is 482 g/mol. The van der Waals surface area contributed by atoms with Crippen LogP contribution < -0.4 is 10.6 Å². The van der Waals surface area contributed by atoms with Crippen molar-refractivity contribution < 1.29 is 42.1 Å². The number of nitrogens with one attached hydrogen (secondary N) is 2. The molecule has 0 fully saturated rings. The molecule has 0 aliphatic heterocycles. The Morgan fingerprint density at radius 2 is 1.68 bits per heavy atom. The number of esters is 1. The van der Waals surface area contributed by atoms with Gasteiger partial charge in [-0.3, -0.25) is 4.79 Å². The topological polar surface area (TPSA) is 114 Å².